The van der Waals surface area contributed by atoms with Crippen LogP contribution in [0.25, 0.3) is 10.9 Å². The molecule has 5 heteroatoms. The van der Waals surface area contributed by atoms with E-state index in [0.717, 1.165) is 27.7 Å². The van der Waals surface area contributed by atoms with Crippen LogP contribution in [0.15, 0.2) is 54.6 Å². The first kappa shape index (κ1) is 21.1. The van der Waals surface area contributed by atoms with Crippen LogP contribution in [0.1, 0.15) is 43.5 Å². The molecule has 2 atom stereocenters. The van der Waals surface area contributed by atoms with E-state index in [1.54, 1.807) is 6.92 Å². The van der Waals surface area contributed by atoms with Crippen molar-refractivity contribution in [2.75, 3.05) is 0 Å². The van der Waals surface area contributed by atoms with Crippen molar-refractivity contribution in [2.45, 2.75) is 51.0 Å². The molecule has 152 valence electrons. The van der Waals surface area contributed by atoms with E-state index in [2.05, 4.69) is 4.98 Å². The maximum atomic E-state index is 11.9. The highest BCUT2D eigenvalue weighted by Crippen LogP contribution is 2.32. The number of aliphatic carboxylic acids is 1. The molecule has 2 unspecified atom stereocenters. The van der Waals surface area contributed by atoms with Crippen LogP contribution in [0, 0.1) is 6.92 Å². The number of aryl methyl sites for hydroxylation is 1. The second kappa shape index (κ2) is 8.83. The van der Waals surface area contributed by atoms with Gasteiger partial charge in [-0.15, -0.1) is 11.6 Å². The van der Waals surface area contributed by atoms with Crippen molar-refractivity contribution in [3.8, 4) is 5.75 Å². The number of fused-ring (bicyclic) bond motifs is 1. The molecule has 0 aliphatic rings. The van der Waals surface area contributed by atoms with Crippen molar-refractivity contribution in [3.05, 3.63) is 71.4 Å². The van der Waals surface area contributed by atoms with Gasteiger partial charge in [0.2, 0.25) is 0 Å². The third-order valence-corrected chi connectivity index (χ3v) is 5.55. The van der Waals surface area contributed by atoms with Crippen molar-refractivity contribution < 1.29 is 14.6 Å². The fourth-order valence-electron chi connectivity index (χ4n) is 3.46. The number of carboxylic acid groups (broad SMARTS) is 1. The Labute approximate surface area is 176 Å². The van der Waals surface area contributed by atoms with Gasteiger partial charge in [0.25, 0.3) is 0 Å². The molecular weight excluding hydrogens is 386 g/mol. The molecule has 3 aromatic rings. The number of hydrogen-bond acceptors (Lipinski definition) is 3. The monoisotopic (exact) mass is 411 g/mol. The van der Waals surface area contributed by atoms with Gasteiger partial charge in [0.15, 0.2) is 0 Å². The summed E-state index contributed by atoms with van der Waals surface area (Å²) in [4.78, 5) is 16.5. The zero-order chi connectivity index (χ0) is 21.0. The average molecular weight is 412 g/mol. The lowest BCUT2D eigenvalue weighted by Gasteiger charge is -2.26. The number of alkyl halides is 1. The van der Waals surface area contributed by atoms with Gasteiger partial charge >= 0.3 is 5.97 Å². The minimum absolute atomic E-state index is 0.0603. The second-order valence-corrected chi connectivity index (χ2v) is 8.45. The number of aromatic nitrogens is 1. The fourth-order valence-corrected chi connectivity index (χ4v) is 3.57. The minimum atomic E-state index is -0.972. The van der Waals surface area contributed by atoms with Gasteiger partial charge in [0, 0.05) is 22.0 Å². The third kappa shape index (κ3) is 4.88. The van der Waals surface area contributed by atoms with Gasteiger partial charge < -0.3 is 9.84 Å². The molecule has 0 radical (unpaired) electrons. The highest BCUT2D eigenvalue weighted by molar-refractivity contribution is 6.20. The SMILES string of the molecule is Cc1cc(COc2ccc(C(C)(CCC(C)Cl)C(=O)O)cc2)c2ccccc2n1. The number of benzene rings is 2. The molecule has 1 N–H and O–H groups in total. The molecule has 1 heterocycles. The third-order valence-electron chi connectivity index (χ3n) is 5.33. The maximum Gasteiger partial charge on any atom is 0.313 e. The molecule has 4 nitrogen and oxygen atoms in total. The van der Waals surface area contributed by atoms with Crippen molar-refractivity contribution in [1.29, 1.82) is 0 Å². The summed E-state index contributed by atoms with van der Waals surface area (Å²) in [7, 11) is 0. The van der Waals surface area contributed by atoms with E-state index in [1.165, 1.54) is 0 Å². The Hall–Kier alpha value is -2.59. The number of halogens is 1. The Bertz CT molecular complexity index is 1000. The van der Waals surface area contributed by atoms with Gasteiger partial charge in [-0.2, -0.15) is 0 Å². The fraction of sp³-hybridized carbons (Fsp3) is 0.333. The summed E-state index contributed by atoms with van der Waals surface area (Å²) in [5, 5.41) is 10.8. The topological polar surface area (TPSA) is 59.4 Å². The van der Waals surface area contributed by atoms with Crippen LogP contribution in [0.4, 0.5) is 0 Å². The quantitative estimate of drug-likeness (QED) is 0.471. The number of rotatable bonds is 8. The Morgan fingerprint density at radius 2 is 1.90 bits per heavy atom. The molecule has 1 aromatic heterocycles. The molecule has 3 rings (SSSR count). The van der Waals surface area contributed by atoms with Crippen molar-refractivity contribution in [3.63, 3.8) is 0 Å². The summed E-state index contributed by atoms with van der Waals surface area (Å²) in [5.74, 6) is -0.145. The van der Waals surface area contributed by atoms with Crippen LogP contribution in [0.5, 0.6) is 5.75 Å². The van der Waals surface area contributed by atoms with E-state index in [9.17, 15) is 9.90 Å². The first-order chi connectivity index (χ1) is 13.8. The van der Waals surface area contributed by atoms with E-state index >= 15 is 0 Å². The number of nitrogens with zero attached hydrogens (tertiary/aromatic N) is 1. The number of para-hydroxylation sites is 1. The Balaban J connectivity index is 1.77. The van der Waals surface area contributed by atoms with E-state index in [-0.39, 0.29) is 5.38 Å². The Morgan fingerprint density at radius 1 is 1.21 bits per heavy atom. The van der Waals surface area contributed by atoms with E-state index in [1.807, 2.05) is 68.4 Å². The van der Waals surface area contributed by atoms with Crippen molar-refractivity contribution in [2.24, 2.45) is 0 Å². The molecule has 0 bridgehead atoms. The Kier molecular flexibility index (Phi) is 6.43. The van der Waals surface area contributed by atoms with Crippen molar-refractivity contribution in [1.82, 2.24) is 4.98 Å². The van der Waals surface area contributed by atoms with E-state index in [0.29, 0.717) is 25.2 Å². The van der Waals surface area contributed by atoms with Crippen LogP contribution >= 0.6 is 11.6 Å². The highest BCUT2D eigenvalue weighted by Gasteiger charge is 2.35. The molecule has 2 aromatic carbocycles. The zero-order valence-corrected chi connectivity index (χ0v) is 17.7. The number of pyridine rings is 1. The van der Waals surface area contributed by atoms with Gasteiger partial charge in [0.05, 0.1) is 10.9 Å². The molecule has 0 amide bonds. The number of carbonyl (C=O) groups is 1. The summed E-state index contributed by atoms with van der Waals surface area (Å²) in [6, 6.07) is 17.4. The predicted molar refractivity (Wildman–Crippen MR) is 117 cm³/mol. The summed E-state index contributed by atoms with van der Waals surface area (Å²) < 4.78 is 5.99. The second-order valence-electron chi connectivity index (χ2n) is 7.71. The minimum Gasteiger partial charge on any atom is -0.489 e. The summed E-state index contributed by atoms with van der Waals surface area (Å²) in [5.41, 5.74) is 2.75. The lowest BCUT2D eigenvalue weighted by Crippen LogP contribution is -2.33. The molecule has 29 heavy (non-hydrogen) atoms. The molecule has 0 aliphatic heterocycles. The van der Waals surface area contributed by atoms with E-state index < -0.39 is 11.4 Å². The maximum absolute atomic E-state index is 11.9. The van der Waals surface area contributed by atoms with Crippen LogP contribution in [-0.2, 0) is 16.8 Å². The van der Waals surface area contributed by atoms with Gasteiger partial charge in [-0.1, -0.05) is 30.3 Å². The molecular formula is C24H26ClNO3. The lowest BCUT2D eigenvalue weighted by molar-refractivity contribution is -0.143. The lowest BCUT2D eigenvalue weighted by atomic mass is 9.78. The molecule has 0 fully saturated rings. The van der Waals surface area contributed by atoms with Crippen LogP contribution in [0.3, 0.4) is 0 Å². The highest BCUT2D eigenvalue weighted by atomic mass is 35.5. The zero-order valence-electron chi connectivity index (χ0n) is 17.0. The van der Waals surface area contributed by atoms with Gasteiger partial charge in [-0.3, -0.25) is 9.78 Å². The molecule has 0 aliphatic carbocycles. The van der Waals surface area contributed by atoms with Crippen molar-refractivity contribution >= 4 is 28.5 Å². The van der Waals surface area contributed by atoms with Gasteiger partial charge in [0.1, 0.15) is 12.4 Å². The largest absolute Gasteiger partial charge is 0.489 e. The standard InChI is InChI=1S/C24H26ClNO3/c1-16(25)12-13-24(3,23(27)28)19-8-10-20(11-9-19)29-15-18-14-17(2)26-22-7-5-4-6-21(18)22/h4-11,14,16H,12-13,15H2,1-3H3,(H,27,28). The first-order valence-corrected chi connectivity index (χ1v) is 10.2. The van der Waals surface area contributed by atoms with Gasteiger partial charge in [-0.25, -0.2) is 0 Å². The van der Waals surface area contributed by atoms with Crippen LogP contribution < -0.4 is 4.74 Å². The average Bonchev–Trinajstić information content (AvgIpc) is 2.70. The first-order valence-electron chi connectivity index (χ1n) is 9.75. The van der Waals surface area contributed by atoms with Gasteiger partial charge in [-0.05, 0) is 63.4 Å². The number of ether oxygens (including phenoxy) is 1. The molecule has 0 saturated heterocycles. The van der Waals surface area contributed by atoms with E-state index in [4.69, 9.17) is 16.3 Å². The smallest absolute Gasteiger partial charge is 0.313 e. The molecule has 0 spiro atoms. The summed E-state index contributed by atoms with van der Waals surface area (Å²) in [6.07, 6.45) is 1.12. The normalized spacial score (nSPS) is 14.3. The predicted octanol–water partition coefficient (Wildman–Crippen LogP) is 5.87. The number of hydrogen-bond donors (Lipinski definition) is 1. The summed E-state index contributed by atoms with van der Waals surface area (Å²) in [6.45, 7) is 6.02. The van der Waals surface area contributed by atoms with Crippen LogP contribution in [-0.4, -0.2) is 21.4 Å². The van der Waals surface area contributed by atoms with Crippen LogP contribution in [0.2, 0.25) is 0 Å². The molecule has 0 saturated carbocycles. The number of carboxylic acids is 1. The Morgan fingerprint density at radius 3 is 2.55 bits per heavy atom. The summed E-state index contributed by atoms with van der Waals surface area (Å²) >= 11 is 6.04.